The summed E-state index contributed by atoms with van der Waals surface area (Å²) in [5.74, 6) is -0.890. The molecular weight excluding hydrogens is 406 g/mol. The number of hydrogen-bond acceptors (Lipinski definition) is 2. The minimum Gasteiger partial charge on any atom is -0.377 e. The number of aliphatic hydroxyl groups is 2. The van der Waals surface area contributed by atoms with Gasteiger partial charge in [-0.05, 0) is 56.9 Å². The van der Waals surface area contributed by atoms with Crippen molar-refractivity contribution in [1.82, 2.24) is 0 Å². The van der Waals surface area contributed by atoms with Gasteiger partial charge in [0.15, 0.2) is 11.2 Å². The molecule has 0 spiro atoms. The Labute approximate surface area is 183 Å². The lowest BCUT2D eigenvalue weighted by Gasteiger charge is -2.48. The largest absolute Gasteiger partial charge is 0.377 e. The lowest BCUT2D eigenvalue weighted by molar-refractivity contribution is -0.112. The molecule has 0 bridgehead atoms. The molecule has 6 rings (SSSR count). The first kappa shape index (κ1) is 19.1. The zero-order valence-electron chi connectivity index (χ0n) is 16.9. The van der Waals surface area contributed by atoms with Gasteiger partial charge in [-0.2, -0.15) is 0 Å². The van der Waals surface area contributed by atoms with Crippen LogP contribution >= 0.6 is 0 Å². The lowest BCUT2D eigenvalue weighted by atomic mass is 9.61. The maximum Gasteiger partial charge on any atom is 0.152 e. The summed E-state index contributed by atoms with van der Waals surface area (Å²) >= 11 is 0. The van der Waals surface area contributed by atoms with Gasteiger partial charge in [-0.1, -0.05) is 72.8 Å². The average Bonchev–Trinajstić information content (AvgIpc) is 2.82. The van der Waals surface area contributed by atoms with Crippen molar-refractivity contribution < 1.29 is 19.0 Å². The minimum atomic E-state index is -1.96. The maximum absolute atomic E-state index is 13.8. The molecule has 2 nitrogen and oxygen atoms in total. The van der Waals surface area contributed by atoms with Gasteiger partial charge in [0.25, 0.3) is 0 Å². The van der Waals surface area contributed by atoms with Crippen LogP contribution in [0.5, 0.6) is 0 Å². The molecule has 5 aromatic carbocycles. The summed E-state index contributed by atoms with van der Waals surface area (Å²) in [6.07, 6.45) is 0. The second-order valence-electron chi connectivity index (χ2n) is 8.31. The van der Waals surface area contributed by atoms with E-state index in [0.717, 1.165) is 21.5 Å². The van der Waals surface area contributed by atoms with Crippen LogP contribution < -0.4 is 0 Å². The Morgan fingerprint density at radius 2 is 0.844 bits per heavy atom. The summed E-state index contributed by atoms with van der Waals surface area (Å²) in [5, 5.41) is 28.6. The normalized spacial score (nSPS) is 22.0. The number of halogens is 2. The summed E-state index contributed by atoms with van der Waals surface area (Å²) in [7, 11) is 0. The number of benzene rings is 5. The molecule has 0 aliphatic heterocycles. The standard InChI is InChI=1S/C28H18F2O2/c29-21-13-9-19(10-14-21)27(31)23-5-1-3-17-7-8-18-4-2-6-24(26(18)25(17)23)28(27,32)20-11-15-22(30)16-12-20/h1-16,31-32H. The zero-order chi connectivity index (χ0) is 22.1. The van der Waals surface area contributed by atoms with Crippen molar-refractivity contribution in [3.05, 3.63) is 131 Å². The highest BCUT2D eigenvalue weighted by Gasteiger charge is 2.57. The van der Waals surface area contributed by atoms with Crippen molar-refractivity contribution in [3.8, 4) is 0 Å². The van der Waals surface area contributed by atoms with Gasteiger partial charge in [0.1, 0.15) is 11.6 Å². The van der Waals surface area contributed by atoms with Crippen molar-refractivity contribution in [2.75, 3.05) is 0 Å². The molecule has 156 valence electrons. The van der Waals surface area contributed by atoms with E-state index in [0.29, 0.717) is 22.3 Å². The Morgan fingerprint density at radius 3 is 1.22 bits per heavy atom. The number of hydrogen-bond donors (Lipinski definition) is 2. The fraction of sp³-hybridized carbons (Fsp3) is 0.0714. The summed E-state index contributed by atoms with van der Waals surface area (Å²) < 4.78 is 27.6. The van der Waals surface area contributed by atoms with E-state index in [4.69, 9.17) is 0 Å². The van der Waals surface area contributed by atoms with Gasteiger partial charge in [-0.15, -0.1) is 0 Å². The molecule has 0 heterocycles. The van der Waals surface area contributed by atoms with E-state index in [-0.39, 0.29) is 0 Å². The first-order chi connectivity index (χ1) is 15.4. The Hall–Kier alpha value is -3.60. The highest BCUT2D eigenvalue weighted by Crippen LogP contribution is 2.57. The molecule has 0 saturated carbocycles. The Morgan fingerprint density at radius 1 is 0.469 bits per heavy atom. The SMILES string of the molecule is OC1(c2ccc(F)cc2)c2cccc3ccc4cccc(c4c23)C1(O)c1ccc(F)cc1. The molecule has 2 unspecified atom stereocenters. The molecule has 0 radical (unpaired) electrons. The van der Waals surface area contributed by atoms with E-state index in [9.17, 15) is 19.0 Å². The molecule has 1 aliphatic carbocycles. The number of rotatable bonds is 2. The van der Waals surface area contributed by atoms with Gasteiger partial charge in [0.2, 0.25) is 0 Å². The van der Waals surface area contributed by atoms with Crippen molar-refractivity contribution in [2.24, 2.45) is 0 Å². The van der Waals surface area contributed by atoms with Crippen LogP contribution in [0.1, 0.15) is 22.3 Å². The quantitative estimate of drug-likeness (QED) is 0.354. The fourth-order valence-corrected chi connectivity index (χ4v) is 5.26. The van der Waals surface area contributed by atoms with Crippen molar-refractivity contribution in [2.45, 2.75) is 11.2 Å². The Kier molecular flexibility index (Phi) is 3.85. The van der Waals surface area contributed by atoms with E-state index >= 15 is 0 Å². The predicted octanol–water partition coefficient (Wildman–Crippen LogP) is 5.76. The molecule has 0 amide bonds. The van der Waals surface area contributed by atoms with Gasteiger partial charge < -0.3 is 10.2 Å². The molecule has 1 aliphatic rings. The van der Waals surface area contributed by atoms with Crippen LogP contribution in [-0.2, 0) is 11.2 Å². The fourth-order valence-electron chi connectivity index (χ4n) is 5.26. The van der Waals surface area contributed by atoms with Crippen LogP contribution in [0, 0.1) is 11.6 Å². The van der Waals surface area contributed by atoms with Crippen LogP contribution in [0.4, 0.5) is 8.78 Å². The van der Waals surface area contributed by atoms with Gasteiger partial charge in [-0.3, -0.25) is 0 Å². The first-order valence-corrected chi connectivity index (χ1v) is 10.4. The van der Waals surface area contributed by atoms with Crippen LogP contribution in [0.2, 0.25) is 0 Å². The van der Waals surface area contributed by atoms with E-state index in [1.807, 2.05) is 36.4 Å². The van der Waals surface area contributed by atoms with Crippen LogP contribution in [-0.4, -0.2) is 10.2 Å². The van der Waals surface area contributed by atoms with Crippen molar-refractivity contribution in [3.63, 3.8) is 0 Å². The molecule has 0 fully saturated rings. The van der Waals surface area contributed by atoms with Crippen LogP contribution in [0.25, 0.3) is 21.5 Å². The van der Waals surface area contributed by atoms with Gasteiger partial charge >= 0.3 is 0 Å². The molecular formula is C28H18F2O2. The first-order valence-electron chi connectivity index (χ1n) is 10.4. The topological polar surface area (TPSA) is 40.5 Å². The minimum absolute atomic E-state index is 0.338. The molecule has 4 heteroatoms. The molecule has 32 heavy (non-hydrogen) atoms. The smallest absolute Gasteiger partial charge is 0.152 e. The van der Waals surface area contributed by atoms with Crippen molar-refractivity contribution >= 4 is 21.5 Å². The molecule has 2 N–H and O–H groups in total. The summed E-state index contributed by atoms with van der Waals surface area (Å²) in [5.41, 5.74) is -2.22. The van der Waals surface area contributed by atoms with Gasteiger partial charge in [-0.25, -0.2) is 8.78 Å². The third-order valence-corrected chi connectivity index (χ3v) is 6.71. The van der Waals surface area contributed by atoms with Gasteiger partial charge in [0, 0.05) is 11.1 Å². The predicted molar refractivity (Wildman–Crippen MR) is 120 cm³/mol. The Balaban J connectivity index is 1.85. The molecule has 0 aromatic heterocycles. The molecule has 5 aromatic rings. The van der Waals surface area contributed by atoms with E-state index in [2.05, 4.69) is 0 Å². The van der Waals surface area contributed by atoms with Crippen LogP contribution in [0.15, 0.2) is 97.1 Å². The molecule has 2 atom stereocenters. The van der Waals surface area contributed by atoms with Gasteiger partial charge in [0.05, 0.1) is 0 Å². The van der Waals surface area contributed by atoms with E-state index in [1.54, 1.807) is 12.1 Å². The highest BCUT2D eigenvalue weighted by atomic mass is 19.1. The molecule has 0 saturated heterocycles. The van der Waals surface area contributed by atoms with E-state index < -0.39 is 22.8 Å². The van der Waals surface area contributed by atoms with Crippen LogP contribution in [0.3, 0.4) is 0 Å². The van der Waals surface area contributed by atoms with Crippen molar-refractivity contribution in [1.29, 1.82) is 0 Å². The highest BCUT2D eigenvalue weighted by molar-refractivity contribution is 6.13. The summed E-state index contributed by atoms with van der Waals surface area (Å²) in [6, 6.07) is 26.1. The zero-order valence-corrected chi connectivity index (χ0v) is 16.9. The Bertz CT molecular complexity index is 1390. The monoisotopic (exact) mass is 424 g/mol. The summed E-state index contributed by atoms with van der Waals surface area (Å²) in [6.45, 7) is 0. The third-order valence-electron chi connectivity index (χ3n) is 6.71. The summed E-state index contributed by atoms with van der Waals surface area (Å²) in [4.78, 5) is 0. The maximum atomic E-state index is 13.8. The third kappa shape index (κ3) is 2.28. The average molecular weight is 424 g/mol. The second-order valence-corrected chi connectivity index (χ2v) is 8.31. The lowest BCUT2D eigenvalue weighted by Crippen LogP contribution is -2.52. The second kappa shape index (κ2) is 6.45. The van der Waals surface area contributed by atoms with E-state index in [1.165, 1.54) is 48.5 Å².